The predicted octanol–water partition coefficient (Wildman–Crippen LogP) is 6.30. The Morgan fingerprint density at radius 1 is 0.929 bits per heavy atom. The van der Waals surface area contributed by atoms with Crippen LogP contribution in [0.2, 0.25) is 10.0 Å². The quantitative estimate of drug-likeness (QED) is 0.403. The van der Waals surface area contributed by atoms with Gasteiger partial charge in [-0.05, 0) is 24.3 Å². The van der Waals surface area contributed by atoms with Gasteiger partial charge in [-0.25, -0.2) is 4.68 Å². The molecule has 0 fully saturated rings. The summed E-state index contributed by atoms with van der Waals surface area (Å²) < 4.78 is 1.78. The predicted molar refractivity (Wildman–Crippen MR) is 114 cm³/mol. The molecule has 0 aliphatic heterocycles. The highest BCUT2D eigenvalue weighted by Crippen LogP contribution is 2.33. The van der Waals surface area contributed by atoms with Crippen LogP contribution in [0, 0.1) is 0 Å². The molecule has 0 amide bonds. The summed E-state index contributed by atoms with van der Waals surface area (Å²) >= 11 is 12.0. The maximum atomic E-state index is 10.2. The van der Waals surface area contributed by atoms with Crippen molar-refractivity contribution >= 4 is 35.1 Å². The highest BCUT2D eigenvalue weighted by atomic mass is 35.5. The Morgan fingerprint density at radius 3 is 2.32 bits per heavy atom. The molecule has 0 saturated carbocycles. The molecule has 138 valence electrons. The molecule has 0 unspecified atom stereocenters. The van der Waals surface area contributed by atoms with Crippen LogP contribution in [0.1, 0.15) is 5.56 Å². The Hall–Kier alpha value is -3.08. The Kier molecular flexibility index (Phi) is 5.15. The molecule has 4 nitrogen and oxygen atoms in total. The van der Waals surface area contributed by atoms with Gasteiger partial charge in [-0.2, -0.15) is 5.10 Å². The van der Waals surface area contributed by atoms with E-state index in [1.54, 1.807) is 10.7 Å². The van der Waals surface area contributed by atoms with Gasteiger partial charge in [0.15, 0.2) is 0 Å². The van der Waals surface area contributed by atoms with Gasteiger partial charge < -0.3 is 5.11 Å². The molecule has 28 heavy (non-hydrogen) atoms. The van der Waals surface area contributed by atoms with Crippen LogP contribution in [0.5, 0.6) is 5.75 Å². The van der Waals surface area contributed by atoms with Crippen molar-refractivity contribution in [2.75, 3.05) is 0 Å². The minimum absolute atomic E-state index is 0.0634. The summed E-state index contributed by atoms with van der Waals surface area (Å²) in [4.78, 5) is 4.56. The van der Waals surface area contributed by atoms with E-state index in [9.17, 15) is 5.11 Å². The van der Waals surface area contributed by atoms with Crippen molar-refractivity contribution in [3.05, 3.63) is 94.6 Å². The highest BCUT2D eigenvalue weighted by Gasteiger charge is 2.12. The summed E-state index contributed by atoms with van der Waals surface area (Å²) in [5.41, 5.74) is 3.69. The van der Waals surface area contributed by atoms with Gasteiger partial charge in [-0.3, -0.25) is 4.99 Å². The summed E-state index contributed by atoms with van der Waals surface area (Å²) in [5, 5.41) is 15.5. The van der Waals surface area contributed by atoms with Gasteiger partial charge in [-0.1, -0.05) is 71.7 Å². The lowest BCUT2D eigenvalue weighted by molar-refractivity contribution is 0.475. The highest BCUT2D eigenvalue weighted by molar-refractivity contribution is 6.36. The first kappa shape index (κ1) is 18.3. The van der Waals surface area contributed by atoms with Crippen molar-refractivity contribution in [3.8, 4) is 22.7 Å². The molecule has 0 bridgehead atoms. The van der Waals surface area contributed by atoms with E-state index in [2.05, 4.69) is 4.99 Å². The molecule has 0 aliphatic carbocycles. The van der Waals surface area contributed by atoms with E-state index in [0.717, 1.165) is 16.9 Å². The van der Waals surface area contributed by atoms with Crippen LogP contribution in [0.3, 0.4) is 0 Å². The van der Waals surface area contributed by atoms with E-state index in [4.69, 9.17) is 28.3 Å². The van der Waals surface area contributed by atoms with Crippen LogP contribution in [0.25, 0.3) is 16.9 Å². The molecule has 6 heteroatoms. The summed E-state index contributed by atoms with van der Waals surface area (Å²) in [6.07, 6.45) is 3.38. The smallest absolute Gasteiger partial charge is 0.143 e. The first-order chi connectivity index (χ1) is 13.6. The van der Waals surface area contributed by atoms with E-state index in [-0.39, 0.29) is 10.8 Å². The van der Waals surface area contributed by atoms with Crippen LogP contribution < -0.4 is 0 Å². The van der Waals surface area contributed by atoms with Crippen LogP contribution in [-0.4, -0.2) is 21.1 Å². The molecule has 0 saturated heterocycles. The topological polar surface area (TPSA) is 50.4 Å². The number of phenolic OH excluding ortho intramolecular Hbond substituents is 1. The number of nitrogens with zero attached hydrogens (tertiary/aromatic N) is 3. The van der Waals surface area contributed by atoms with Crippen molar-refractivity contribution < 1.29 is 5.11 Å². The van der Waals surface area contributed by atoms with Crippen LogP contribution >= 0.6 is 23.2 Å². The number of aromatic hydroxyl groups is 1. The number of hydrogen-bond acceptors (Lipinski definition) is 3. The fourth-order valence-electron chi connectivity index (χ4n) is 2.80. The number of benzene rings is 3. The molecule has 1 heterocycles. The molecule has 0 spiro atoms. The minimum Gasteiger partial charge on any atom is -0.506 e. The second-order valence-electron chi connectivity index (χ2n) is 6.09. The number of rotatable bonds is 4. The van der Waals surface area contributed by atoms with Gasteiger partial charge in [-0.15, -0.1) is 0 Å². The second-order valence-corrected chi connectivity index (χ2v) is 6.94. The number of para-hydroxylation sites is 1. The zero-order valence-electron chi connectivity index (χ0n) is 14.6. The van der Waals surface area contributed by atoms with Crippen LogP contribution in [0.15, 0.2) is 84.0 Å². The molecule has 1 N–H and O–H groups in total. The maximum absolute atomic E-state index is 10.2. The Balaban J connectivity index is 1.81. The van der Waals surface area contributed by atoms with Crippen molar-refractivity contribution in [1.82, 2.24) is 9.78 Å². The zero-order valence-corrected chi connectivity index (χ0v) is 16.1. The van der Waals surface area contributed by atoms with E-state index < -0.39 is 0 Å². The van der Waals surface area contributed by atoms with Gasteiger partial charge >= 0.3 is 0 Å². The maximum Gasteiger partial charge on any atom is 0.143 e. The molecule has 1 aromatic heterocycles. The van der Waals surface area contributed by atoms with Crippen molar-refractivity contribution in [3.63, 3.8) is 0 Å². The number of halogens is 2. The standard InChI is InChI=1S/C22H15Cl2N3O/c23-17-11-16(22(28)19(24)12-17)13-25-20-14-27(18-9-5-2-6-10-18)26-21(20)15-7-3-1-4-8-15/h1-14,28H. The number of phenols is 1. The lowest BCUT2D eigenvalue weighted by atomic mass is 10.1. The summed E-state index contributed by atoms with van der Waals surface area (Å²) in [5.74, 6) is -0.0634. The van der Waals surface area contributed by atoms with Crippen LogP contribution in [-0.2, 0) is 0 Å². The first-order valence-corrected chi connectivity index (χ1v) is 9.30. The van der Waals surface area contributed by atoms with Gasteiger partial charge in [0, 0.05) is 22.4 Å². The molecule has 0 atom stereocenters. The minimum atomic E-state index is -0.0634. The number of aromatic nitrogens is 2. The third-order valence-electron chi connectivity index (χ3n) is 4.16. The Morgan fingerprint density at radius 2 is 1.61 bits per heavy atom. The van der Waals surface area contributed by atoms with Crippen molar-refractivity contribution in [2.24, 2.45) is 4.99 Å². The normalized spacial score (nSPS) is 11.2. The molecular formula is C22H15Cl2N3O. The summed E-state index contributed by atoms with van der Waals surface area (Å²) in [6.45, 7) is 0. The summed E-state index contributed by atoms with van der Waals surface area (Å²) in [7, 11) is 0. The molecule has 4 aromatic rings. The van der Waals surface area contributed by atoms with Gasteiger partial charge in [0.05, 0.1) is 16.9 Å². The third kappa shape index (κ3) is 3.79. The van der Waals surface area contributed by atoms with E-state index in [0.29, 0.717) is 16.3 Å². The lowest BCUT2D eigenvalue weighted by Crippen LogP contribution is -1.93. The van der Waals surface area contributed by atoms with Gasteiger partial charge in [0.1, 0.15) is 17.1 Å². The average Bonchev–Trinajstić information content (AvgIpc) is 3.15. The number of hydrogen-bond donors (Lipinski definition) is 1. The van der Waals surface area contributed by atoms with E-state index >= 15 is 0 Å². The second kappa shape index (κ2) is 7.89. The molecule has 0 radical (unpaired) electrons. The largest absolute Gasteiger partial charge is 0.506 e. The van der Waals surface area contributed by atoms with Gasteiger partial charge in [0.2, 0.25) is 0 Å². The van der Waals surface area contributed by atoms with Crippen molar-refractivity contribution in [1.29, 1.82) is 0 Å². The van der Waals surface area contributed by atoms with E-state index in [1.165, 1.54) is 12.3 Å². The summed E-state index contributed by atoms with van der Waals surface area (Å²) in [6, 6.07) is 22.7. The Labute approximate surface area is 172 Å². The van der Waals surface area contributed by atoms with Gasteiger partial charge in [0.25, 0.3) is 0 Å². The third-order valence-corrected chi connectivity index (χ3v) is 4.67. The average molecular weight is 408 g/mol. The fraction of sp³-hybridized carbons (Fsp3) is 0. The number of aliphatic imine (C=N–C) groups is 1. The van der Waals surface area contributed by atoms with Crippen molar-refractivity contribution in [2.45, 2.75) is 0 Å². The molecule has 4 rings (SSSR count). The SMILES string of the molecule is Oc1c(Cl)cc(Cl)cc1C=Nc1cn(-c2ccccc2)nc1-c1ccccc1. The Bertz CT molecular complexity index is 1140. The molecule has 0 aliphatic rings. The van der Waals surface area contributed by atoms with E-state index in [1.807, 2.05) is 66.9 Å². The van der Waals surface area contributed by atoms with Crippen LogP contribution in [0.4, 0.5) is 5.69 Å². The first-order valence-electron chi connectivity index (χ1n) is 8.54. The monoisotopic (exact) mass is 407 g/mol. The lowest BCUT2D eigenvalue weighted by Gasteiger charge is -2.02. The molecular weight excluding hydrogens is 393 g/mol. The fourth-order valence-corrected chi connectivity index (χ4v) is 3.31. The molecule has 3 aromatic carbocycles. The zero-order chi connectivity index (χ0) is 19.5.